The van der Waals surface area contributed by atoms with Crippen LogP contribution in [0.2, 0.25) is 0 Å². The summed E-state index contributed by atoms with van der Waals surface area (Å²) in [6.07, 6.45) is 5.61. The minimum Gasteiger partial charge on any atom is -0.352 e. The topological polar surface area (TPSA) is 6.25 Å². The van der Waals surface area contributed by atoms with Gasteiger partial charge in [0.1, 0.15) is 18.9 Å². The van der Waals surface area contributed by atoms with Crippen LogP contribution in [0.25, 0.3) is 0 Å². The molecular weight excluding hydrogens is 292 g/mol. The van der Waals surface area contributed by atoms with Crippen molar-refractivity contribution < 1.29 is 4.58 Å². The van der Waals surface area contributed by atoms with E-state index in [1.807, 2.05) is 35.9 Å². The second-order valence-corrected chi connectivity index (χ2v) is 6.01. The fourth-order valence-electron chi connectivity index (χ4n) is 2.47. The van der Waals surface area contributed by atoms with Crippen LogP contribution in [0.15, 0.2) is 83.6 Å². The van der Waals surface area contributed by atoms with Gasteiger partial charge in [-0.25, -0.2) is 0 Å². The standard InChI is InChI=1S/C22H26N2/c1-18(16-23(4)21-12-8-6-9-13-21)20(3)19(2)17-24(5)22-14-10-7-11-15-22/h6-16H,1-5H3/b18-16?,20-19-. The molecule has 0 unspecified atom stereocenters. The van der Waals surface area contributed by atoms with E-state index in [0.717, 1.165) is 11.3 Å². The second kappa shape index (κ2) is 8.30. The maximum absolute atomic E-state index is 3.44. The first-order chi connectivity index (χ1) is 11.5. The van der Waals surface area contributed by atoms with E-state index in [1.54, 1.807) is 0 Å². The van der Waals surface area contributed by atoms with Crippen LogP contribution in [0.1, 0.15) is 20.8 Å². The number of para-hydroxylation sites is 2. The maximum Gasteiger partial charge on any atom is 0.117 e. The monoisotopic (exact) mass is 318 g/mol. The summed E-state index contributed by atoms with van der Waals surface area (Å²) in [7, 11) is 4.10. The molecule has 0 fully saturated rings. The molecule has 0 aliphatic carbocycles. The Morgan fingerprint density at radius 1 is 0.917 bits per heavy atom. The molecule has 0 atom stereocenters. The van der Waals surface area contributed by atoms with Gasteiger partial charge in [0.25, 0.3) is 0 Å². The van der Waals surface area contributed by atoms with E-state index >= 15 is 0 Å². The van der Waals surface area contributed by atoms with Crippen molar-refractivity contribution in [2.45, 2.75) is 20.8 Å². The van der Waals surface area contributed by atoms with Gasteiger partial charge in [-0.1, -0.05) is 61.4 Å². The van der Waals surface area contributed by atoms with E-state index in [1.165, 1.54) is 16.8 Å². The average molecular weight is 318 g/mol. The van der Waals surface area contributed by atoms with Gasteiger partial charge in [0.15, 0.2) is 0 Å². The summed E-state index contributed by atoms with van der Waals surface area (Å²) < 4.78 is 2.03. The van der Waals surface area contributed by atoms with Crippen LogP contribution < -0.4 is 4.90 Å². The van der Waals surface area contributed by atoms with Crippen molar-refractivity contribution in [3.63, 3.8) is 0 Å². The van der Waals surface area contributed by atoms with Crippen LogP contribution in [0, 0.1) is 0 Å². The number of allylic oxidation sites excluding steroid dienone is 3. The van der Waals surface area contributed by atoms with Crippen molar-refractivity contribution >= 4 is 17.6 Å². The predicted octanol–water partition coefficient (Wildman–Crippen LogP) is 5.28. The lowest BCUT2D eigenvalue weighted by Gasteiger charge is -2.18. The molecule has 0 bridgehead atoms. The third-order valence-corrected chi connectivity index (χ3v) is 4.18. The maximum atomic E-state index is 3.44. The van der Waals surface area contributed by atoms with E-state index in [4.69, 9.17) is 0 Å². The van der Waals surface area contributed by atoms with E-state index in [-0.39, 0.29) is 0 Å². The number of anilines is 1. The van der Waals surface area contributed by atoms with Gasteiger partial charge < -0.3 is 9.48 Å². The molecule has 0 amide bonds. The zero-order valence-corrected chi connectivity index (χ0v) is 15.2. The first-order valence-corrected chi connectivity index (χ1v) is 8.18. The van der Waals surface area contributed by atoms with Crippen molar-refractivity contribution in [3.05, 3.63) is 83.6 Å². The van der Waals surface area contributed by atoms with Crippen molar-refractivity contribution in [1.29, 1.82) is 0 Å². The second-order valence-electron chi connectivity index (χ2n) is 6.01. The molecule has 2 heteroatoms. The number of nitrogens with zero attached hydrogens (tertiary/aromatic N) is 2. The number of hydrogen-bond donors (Lipinski definition) is 0. The van der Waals surface area contributed by atoms with Crippen molar-refractivity contribution in [3.8, 4) is 0 Å². The van der Waals surface area contributed by atoms with Gasteiger partial charge in [-0.3, -0.25) is 0 Å². The summed E-state index contributed by atoms with van der Waals surface area (Å²) in [6, 6.07) is 20.6. The molecule has 0 saturated carbocycles. The SMILES string of the molecule is CC(=CN(C)c1ccccc1)/C(C)=C(/C)[C-]=[N+](C)c1ccccc1. The molecule has 0 aromatic heterocycles. The predicted molar refractivity (Wildman–Crippen MR) is 104 cm³/mol. The lowest BCUT2D eigenvalue weighted by Crippen LogP contribution is -2.09. The minimum absolute atomic E-state index is 1.13. The minimum atomic E-state index is 1.13. The first kappa shape index (κ1) is 17.7. The first-order valence-electron chi connectivity index (χ1n) is 8.18. The zero-order chi connectivity index (χ0) is 17.5. The van der Waals surface area contributed by atoms with Gasteiger partial charge in [0.05, 0.1) is 0 Å². The zero-order valence-electron chi connectivity index (χ0n) is 15.2. The number of benzene rings is 2. The highest BCUT2D eigenvalue weighted by atomic mass is 15.1. The fraction of sp³-hybridized carbons (Fsp3) is 0.227. The Kier molecular flexibility index (Phi) is 6.14. The molecular formula is C22H26N2. The van der Waals surface area contributed by atoms with Crippen LogP contribution in [-0.2, 0) is 0 Å². The summed E-state index contributed by atoms with van der Waals surface area (Å²) in [5.74, 6) is 0. The number of rotatable bonds is 5. The molecule has 0 N–H and O–H groups in total. The molecule has 124 valence electrons. The number of hydrogen-bond acceptors (Lipinski definition) is 1. The van der Waals surface area contributed by atoms with Crippen LogP contribution >= 0.6 is 0 Å². The van der Waals surface area contributed by atoms with Crippen molar-refractivity contribution in [2.24, 2.45) is 0 Å². The van der Waals surface area contributed by atoms with E-state index in [9.17, 15) is 0 Å². The van der Waals surface area contributed by atoms with Gasteiger partial charge in [0.2, 0.25) is 0 Å². The van der Waals surface area contributed by atoms with Gasteiger partial charge in [-0.05, 0) is 37.4 Å². The quantitative estimate of drug-likeness (QED) is 0.314. The average Bonchev–Trinajstić information content (AvgIpc) is 2.62. The Morgan fingerprint density at radius 2 is 1.46 bits per heavy atom. The molecule has 2 nitrogen and oxygen atoms in total. The fourth-order valence-corrected chi connectivity index (χ4v) is 2.47. The van der Waals surface area contributed by atoms with Gasteiger partial charge in [0, 0.05) is 12.7 Å². The summed E-state index contributed by atoms with van der Waals surface area (Å²) in [6.45, 7) is 6.39. The van der Waals surface area contributed by atoms with Crippen LogP contribution in [0.4, 0.5) is 11.4 Å². The highest BCUT2D eigenvalue weighted by Gasteiger charge is 2.00. The lowest BCUT2D eigenvalue weighted by molar-refractivity contribution is -0.399. The third-order valence-electron chi connectivity index (χ3n) is 4.18. The van der Waals surface area contributed by atoms with Crippen molar-refractivity contribution in [1.82, 2.24) is 0 Å². The Labute approximate surface area is 146 Å². The molecule has 0 radical (unpaired) electrons. The Morgan fingerprint density at radius 3 is 2.04 bits per heavy atom. The van der Waals surface area contributed by atoms with E-state index < -0.39 is 0 Å². The van der Waals surface area contributed by atoms with Crippen molar-refractivity contribution in [2.75, 3.05) is 19.0 Å². The molecule has 0 aliphatic rings. The summed E-state index contributed by atoms with van der Waals surface area (Å²) in [5, 5.41) is 0. The van der Waals surface area contributed by atoms with Crippen LogP contribution in [0.5, 0.6) is 0 Å². The highest BCUT2D eigenvalue weighted by molar-refractivity contribution is 5.77. The molecule has 2 aromatic carbocycles. The summed E-state index contributed by atoms with van der Waals surface area (Å²) >= 11 is 0. The molecule has 0 aliphatic heterocycles. The molecule has 0 saturated heterocycles. The Balaban J connectivity index is 2.23. The van der Waals surface area contributed by atoms with Gasteiger partial charge >= 0.3 is 0 Å². The molecule has 2 rings (SSSR count). The molecule has 2 aromatic rings. The normalized spacial score (nSPS) is 13.5. The van der Waals surface area contributed by atoms with Gasteiger partial charge in [-0.15, -0.1) is 5.57 Å². The van der Waals surface area contributed by atoms with Gasteiger partial charge in [-0.2, -0.15) is 0 Å². The Bertz CT molecular complexity index is 753. The summed E-state index contributed by atoms with van der Waals surface area (Å²) in [4.78, 5) is 2.15. The highest BCUT2D eigenvalue weighted by Crippen LogP contribution is 2.18. The molecule has 0 spiro atoms. The third kappa shape index (κ3) is 4.69. The Hall–Kier alpha value is -2.61. The largest absolute Gasteiger partial charge is 0.352 e. The molecule has 0 heterocycles. The van der Waals surface area contributed by atoms with E-state index in [2.05, 4.69) is 81.5 Å². The van der Waals surface area contributed by atoms with Crippen LogP contribution in [-0.4, -0.2) is 24.9 Å². The molecule has 24 heavy (non-hydrogen) atoms. The lowest BCUT2D eigenvalue weighted by atomic mass is 10.1. The van der Waals surface area contributed by atoms with Crippen LogP contribution in [0.3, 0.4) is 0 Å². The summed E-state index contributed by atoms with van der Waals surface area (Å²) in [5.41, 5.74) is 5.91. The smallest absolute Gasteiger partial charge is 0.117 e. The van der Waals surface area contributed by atoms with E-state index in [0.29, 0.717) is 0 Å².